The number of amides is 2. The number of rotatable bonds is 9. The number of carbonyl (C=O) groups excluding carboxylic acids is 1. The van der Waals surface area contributed by atoms with Crippen LogP contribution in [0.3, 0.4) is 0 Å². The third-order valence-electron chi connectivity index (χ3n) is 6.94. The molecule has 1 fully saturated rings. The first-order chi connectivity index (χ1) is 18.1. The number of aryl methyl sites for hydroxylation is 2. The normalized spacial score (nSPS) is 15.3. The van der Waals surface area contributed by atoms with Gasteiger partial charge in [0.25, 0.3) is 0 Å². The molecule has 0 aliphatic carbocycles. The van der Waals surface area contributed by atoms with E-state index in [4.69, 9.17) is 4.74 Å². The Labute approximate surface area is 234 Å². The minimum atomic E-state index is -3.72. The molecule has 38 heavy (non-hydrogen) atoms. The fourth-order valence-electron chi connectivity index (χ4n) is 4.63. The van der Waals surface area contributed by atoms with E-state index in [-0.39, 0.29) is 17.0 Å². The Balaban J connectivity index is 1.60. The number of hydrogen-bond donors (Lipinski definition) is 1. The summed E-state index contributed by atoms with van der Waals surface area (Å²) in [5.41, 5.74) is 3.97. The van der Waals surface area contributed by atoms with Crippen LogP contribution < -0.4 is 10.1 Å². The first-order valence-electron chi connectivity index (χ1n) is 12.8. The van der Waals surface area contributed by atoms with Crippen molar-refractivity contribution < 1.29 is 17.9 Å². The molecule has 3 aromatic carbocycles. The van der Waals surface area contributed by atoms with Gasteiger partial charge in [0.05, 0.1) is 10.6 Å². The maximum Gasteiger partial charge on any atom is 0.322 e. The van der Waals surface area contributed by atoms with Crippen molar-refractivity contribution >= 4 is 37.7 Å². The van der Waals surface area contributed by atoms with E-state index >= 15 is 0 Å². The highest BCUT2D eigenvalue weighted by atomic mass is 79.9. The highest BCUT2D eigenvalue weighted by Crippen LogP contribution is 2.34. The predicted molar refractivity (Wildman–Crippen MR) is 155 cm³/mol. The summed E-state index contributed by atoms with van der Waals surface area (Å²) in [6, 6.07) is 18.1. The average Bonchev–Trinajstić information content (AvgIpc) is 2.85. The first-order valence-corrected chi connectivity index (χ1v) is 15.1. The molecule has 1 heterocycles. The van der Waals surface area contributed by atoms with E-state index < -0.39 is 10.0 Å². The number of nitrogens with one attached hydrogen (secondary N) is 1. The van der Waals surface area contributed by atoms with Gasteiger partial charge in [-0.25, -0.2) is 13.2 Å². The second-order valence-corrected chi connectivity index (χ2v) is 12.4. The van der Waals surface area contributed by atoms with Crippen molar-refractivity contribution in [3.63, 3.8) is 0 Å². The summed E-state index contributed by atoms with van der Waals surface area (Å²) >= 11 is 3.41. The van der Waals surface area contributed by atoms with Gasteiger partial charge in [-0.1, -0.05) is 53.5 Å². The summed E-state index contributed by atoms with van der Waals surface area (Å²) in [7, 11) is -3.72. The molecule has 0 saturated carbocycles. The van der Waals surface area contributed by atoms with Gasteiger partial charge in [0.15, 0.2) is 5.75 Å². The zero-order chi connectivity index (χ0) is 27.4. The Morgan fingerprint density at radius 2 is 1.76 bits per heavy atom. The number of halogens is 1. The molecular formula is C29H34BrN3O4S. The third-order valence-corrected chi connectivity index (χ3v) is 9.51. The molecule has 4 rings (SSSR count). The molecule has 7 nitrogen and oxygen atoms in total. The standard InChI is InChI=1S/C29H34BrN3O4S/c1-5-32(6-2)38(35,36)26-13-14-28(37-25-11-9-23(30)10-12-25)27(19-26)31-29(34)33-16-15-24(33)18-22-8-7-20(3)17-21(22)4/h7-14,17,19,24H,5-6,15-16,18H2,1-4H3,(H,31,34). The molecule has 202 valence electrons. The summed E-state index contributed by atoms with van der Waals surface area (Å²) in [6.45, 7) is 9.11. The number of hydrogen-bond acceptors (Lipinski definition) is 4. The van der Waals surface area contributed by atoms with Crippen LogP contribution in [0, 0.1) is 13.8 Å². The highest BCUT2D eigenvalue weighted by molar-refractivity contribution is 9.10. The van der Waals surface area contributed by atoms with Gasteiger partial charge in [0.2, 0.25) is 10.0 Å². The Morgan fingerprint density at radius 1 is 1.05 bits per heavy atom. The lowest BCUT2D eigenvalue weighted by molar-refractivity contribution is 0.125. The van der Waals surface area contributed by atoms with Crippen molar-refractivity contribution in [3.8, 4) is 11.5 Å². The highest BCUT2D eigenvalue weighted by Gasteiger charge is 2.33. The molecule has 9 heteroatoms. The van der Waals surface area contributed by atoms with Crippen LogP contribution in [0.5, 0.6) is 11.5 Å². The van der Waals surface area contributed by atoms with E-state index in [1.54, 1.807) is 36.9 Å². The summed E-state index contributed by atoms with van der Waals surface area (Å²) < 4.78 is 34.8. The van der Waals surface area contributed by atoms with E-state index in [9.17, 15) is 13.2 Å². The minimum Gasteiger partial charge on any atom is -0.455 e. The molecule has 1 aliphatic rings. The van der Waals surface area contributed by atoms with Crippen LogP contribution in [0.15, 0.2) is 70.0 Å². The average molecular weight is 601 g/mol. The molecule has 0 radical (unpaired) electrons. The van der Waals surface area contributed by atoms with Gasteiger partial charge in [-0.15, -0.1) is 0 Å². The number of urea groups is 1. The lowest BCUT2D eigenvalue weighted by Crippen LogP contribution is -2.53. The fraction of sp³-hybridized carbons (Fsp3) is 0.345. The molecule has 1 aliphatic heterocycles. The predicted octanol–water partition coefficient (Wildman–Crippen LogP) is 6.74. The van der Waals surface area contributed by atoms with Crippen molar-refractivity contribution in [2.75, 3.05) is 25.0 Å². The van der Waals surface area contributed by atoms with Gasteiger partial charge in [-0.05, 0) is 80.3 Å². The van der Waals surface area contributed by atoms with Gasteiger partial charge in [-0.2, -0.15) is 4.31 Å². The molecule has 0 aromatic heterocycles. The van der Waals surface area contributed by atoms with Crippen LogP contribution >= 0.6 is 15.9 Å². The van der Waals surface area contributed by atoms with Crippen LogP contribution in [0.4, 0.5) is 10.5 Å². The number of likely N-dealkylation sites (tertiary alicyclic amines) is 1. The summed E-state index contributed by atoms with van der Waals surface area (Å²) in [4.78, 5) is 15.3. The molecule has 3 aromatic rings. The van der Waals surface area contributed by atoms with Gasteiger partial charge in [0.1, 0.15) is 5.75 Å². The number of carbonyl (C=O) groups is 1. The zero-order valence-electron chi connectivity index (χ0n) is 22.2. The van der Waals surface area contributed by atoms with E-state index in [0.29, 0.717) is 36.8 Å². The molecule has 0 bridgehead atoms. The van der Waals surface area contributed by atoms with Crippen molar-refractivity contribution in [1.82, 2.24) is 9.21 Å². The lowest BCUT2D eigenvalue weighted by Gasteiger charge is -2.41. The van der Waals surface area contributed by atoms with Crippen molar-refractivity contribution in [2.24, 2.45) is 0 Å². The monoisotopic (exact) mass is 599 g/mol. The van der Waals surface area contributed by atoms with Crippen molar-refractivity contribution in [3.05, 3.63) is 81.8 Å². The molecule has 2 amide bonds. The lowest BCUT2D eigenvalue weighted by atomic mass is 9.92. The third kappa shape index (κ3) is 6.22. The van der Waals surface area contributed by atoms with Crippen LogP contribution in [-0.4, -0.2) is 49.3 Å². The molecule has 1 saturated heterocycles. The second kappa shape index (κ2) is 11.9. The number of sulfonamides is 1. The quantitative estimate of drug-likeness (QED) is 0.295. The van der Waals surface area contributed by atoms with E-state index in [2.05, 4.69) is 53.3 Å². The molecular weight excluding hydrogens is 566 g/mol. The molecule has 0 spiro atoms. The van der Waals surface area contributed by atoms with Gasteiger partial charge >= 0.3 is 6.03 Å². The number of anilines is 1. The number of nitrogens with zero attached hydrogens (tertiary/aromatic N) is 2. The summed E-state index contributed by atoms with van der Waals surface area (Å²) in [6.07, 6.45) is 1.69. The van der Waals surface area contributed by atoms with Gasteiger partial charge in [0, 0.05) is 30.1 Å². The van der Waals surface area contributed by atoms with E-state index in [1.165, 1.54) is 33.1 Å². The Morgan fingerprint density at radius 3 is 2.37 bits per heavy atom. The smallest absolute Gasteiger partial charge is 0.322 e. The zero-order valence-corrected chi connectivity index (χ0v) is 24.6. The molecule has 1 unspecified atom stereocenters. The number of benzene rings is 3. The van der Waals surface area contributed by atoms with Crippen LogP contribution in [0.25, 0.3) is 0 Å². The summed E-state index contributed by atoms with van der Waals surface area (Å²) in [5.74, 6) is 0.936. The van der Waals surface area contributed by atoms with Gasteiger partial charge < -0.3 is 15.0 Å². The first kappa shape index (κ1) is 28.1. The largest absolute Gasteiger partial charge is 0.455 e. The maximum absolute atomic E-state index is 13.4. The van der Waals surface area contributed by atoms with Crippen LogP contribution in [0.2, 0.25) is 0 Å². The van der Waals surface area contributed by atoms with Crippen LogP contribution in [-0.2, 0) is 16.4 Å². The topological polar surface area (TPSA) is 79.0 Å². The maximum atomic E-state index is 13.4. The Hall–Kier alpha value is -2.88. The van der Waals surface area contributed by atoms with Crippen LogP contribution in [0.1, 0.15) is 37.0 Å². The minimum absolute atomic E-state index is 0.0786. The SMILES string of the molecule is CCN(CC)S(=O)(=O)c1ccc(Oc2ccc(Br)cc2)c(NC(=O)N2CCC2Cc2ccc(C)cc2C)c1. The molecule has 1 atom stereocenters. The fourth-order valence-corrected chi connectivity index (χ4v) is 6.38. The summed E-state index contributed by atoms with van der Waals surface area (Å²) in [5, 5.41) is 2.94. The second-order valence-electron chi connectivity index (χ2n) is 9.50. The Bertz CT molecular complexity index is 1410. The van der Waals surface area contributed by atoms with E-state index in [1.807, 2.05) is 12.1 Å². The van der Waals surface area contributed by atoms with Gasteiger partial charge in [-0.3, -0.25) is 0 Å². The van der Waals surface area contributed by atoms with Crippen molar-refractivity contribution in [1.29, 1.82) is 0 Å². The number of ether oxygens (including phenoxy) is 1. The molecule has 1 N–H and O–H groups in total. The van der Waals surface area contributed by atoms with Crippen molar-refractivity contribution in [2.45, 2.75) is 51.5 Å². The van der Waals surface area contributed by atoms with E-state index in [0.717, 1.165) is 17.3 Å². The Kier molecular flexibility index (Phi) is 8.80.